The maximum absolute atomic E-state index is 5.27. The number of methoxy groups -OCH3 is 1. The average molecular weight is 225 g/mol. The summed E-state index contributed by atoms with van der Waals surface area (Å²) in [7, 11) is 1.80. The number of ether oxygens (including phenoxy) is 1. The van der Waals surface area contributed by atoms with Crippen LogP contribution in [0, 0.1) is 6.92 Å². The zero-order chi connectivity index (χ0) is 10.8. The lowest BCUT2D eigenvalue weighted by molar-refractivity contribution is 0.0148. The number of hydrogen-bond acceptors (Lipinski definition) is 3. The molecule has 1 aliphatic rings. The lowest BCUT2D eigenvalue weighted by atomic mass is 9.88. The number of hydrogen-bond donors (Lipinski definition) is 1. The third-order valence-electron chi connectivity index (χ3n) is 3.21. The lowest BCUT2D eigenvalue weighted by Crippen LogP contribution is -2.45. The Morgan fingerprint density at radius 1 is 1.53 bits per heavy atom. The predicted octanol–water partition coefficient (Wildman–Crippen LogP) is 2.88. The van der Waals surface area contributed by atoms with Crippen LogP contribution in [0.4, 0.5) is 0 Å². The van der Waals surface area contributed by atoms with Crippen molar-refractivity contribution < 1.29 is 4.74 Å². The molecule has 1 aliphatic carbocycles. The van der Waals surface area contributed by atoms with Gasteiger partial charge in [-0.2, -0.15) is 0 Å². The molecule has 1 atom stereocenters. The highest BCUT2D eigenvalue weighted by molar-refractivity contribution is 7.10. The van der Waals surface area contributed by atoms with Crippen LogP contribution in [0.3, 0.4) is 0 Å². The zero-order valence-electron chi connectivity index (χ0n) is 9.62. The molecule has 0 spiro atoms. The first kappa shape index (κ1) is 11.1. The van der Waals surface area contributed by atoms with Gasteiger partial charge >= 0.3 is 0 Å². The van der Waals surface area contributed by atoms with Gasteiger partial charge in [-0.3, -0.25) is 0 Å². The molecule has 0 amide bonds. The van der Waals surface area contributed by atoms with Gasteiger partial charge in [0.2, 0.25) is 0 Å². The predicted molar refractivity (Wildman–Crippen MR) is 64.4 cm³/mol. The van der Waals surface area contributed by atoms with Crippen molar-refractivity contribution >= 4 is 11.3 Å². The van der Waals surface area contributed by atoms with Crippen molar-refractivity contribution in [1.82, 2.24) is 5.32 Å². The van der Waals surface area contributed by atoms with Crippen molar-refractivity contribution in [3.63, 3.8) is 0 Å². The maximum atomic E-state index is 5.27. The number of aryl methyl sites for hydroxylation is 1. The summed E-state index contributed by atoms with van der Waals surface area (Å²) in [6, 6.07) is 3.32. The van der Waals surface area contributed by atoms with Gasteiger partial charge in [-0.25, -0.2) is 0 Å². The molecular weight excluding hydrogens is 206 g/mol. The molecule has 0 aliphatic heterocycles. The molecule has 2 nitrogen and oxygen atoms in total. The van der Waals surface area contributed by atoms with E-state index in [2.05, 4.69) is 30.6 Å². The highest BCUT2D eigenvalue weighted by atomic mass is 32.1. The molecule has 1 saturated carbocycles. The van der Waals surface area contributed by atoms with Crippen molar-refractivity contribution in [2.75, 3.05) is 7.11 Å². The van der Waals surface area contributed by atoms with Gasteiger partial charge in [0.25, 0.3) is 0 Å². The Balaban J connectivity index is 1.84. The summed E-state index contributed by atoms with van der Waals surface area (Å²) in [6.45, 7) is 4.43. The Labute approximate surface area is 95.6 Å². The maximum Gasteiger partial charge on any atom is 0.0601 e. The molecule has 1 fully saturated rings. The first-order valence-electron chi connectivity index (χ1n) is 5.53. The quantitative estimate of drug-likeness (QED) is 0.850. The standard InChI is InChI=1S/C12H19NOS/c1-8-4-5-15-12(8)9(2)13-10-6-11(7-10)14-3/h4-5,9-11,13H,6-7H2,1-3H3. The molecule has 1 aromatic heterocycles. The minimum atomic E-state index is 0.479. The summed E-state index contributed by atoms with van der Waals surface area (Å²) in [4.78, 5) is 1.47. The fourth-order valence-electron chi connectivity index (χ4n) is 2.15. The summed E-state index contributed by atoms with van der Waals surface area (Å²) in [5.41, 5.74) is 1.41. The van der Waals surface area contributed by atoms with E-state index >= 15 is 0 Å². The largest absolute Gasteiger partial charge is 0.381 e. The monoisotopic (exact) mass is 225 g/mol. The van der Waals surface area contributed by atoms with Crippen molar-refractivity contribution in [2.45, 2.75) is 44.9 Å². The highest BCUT2D eigenvalue weighted by Gasteiger charge is 2.30. The van der Waals surface area contributed by atoms with Crippen molar-refractivity contribution in [2.24, 2.45) is 0 Å². The SMILES string of the molecule is COC1CC(NC(C)c2sccc2C)C1. The second-order valence-electron chi connectivity index (χ2n) is 4.38. The van der Waals surface area contributed by atoms with E-state index in [1.165, 1.54) is 10.4 Å². The first-order valence-corrected chi connectivity index (χ1v) is 6.41. The average Bonchev–Trinajstić information content (AvgIpc) is 2.56. The van der Waals surface area contributed by atoms with Crippen LogP contribution in [-0.4, -0.2) is 19.3 Å². The number of rotatable bonds is 4. The van der Waals surface area contributed by atoms with Crippen LogP contribution >= 0.6 is 11.3 Å². The van der Waals surface area contributed by atoms with E-state index in [-0.39, 0.29) is 0 Å². The van der Waals surface area contributed by atoms with Crippen LogP contribution in [0.1, 0.15) is 36.2 Å². The molecular formula is C12H19NOS. The molecule has 0 saturated heterocycles. The topological polar surface area (TPSA) is 21.3 Å². The van der Waals surface area contributed by atoms with Crippen molar-refractivity contribution in [1.29, 1.82) is 0 Å². The van der Waals surface area contributed by atoms with Crippen LogP contribution in [0.15, 0.2) is 11.4 Å². The van der Waals surface area contributed by atoms with Gasteiger partial charge in [0.15, 0.2) is 0 Å². The highest BCUT2D eigenvalue weighted by Crippen LogP contribution is 2.28. The molecule has 1 heterocycles. The van der Waals surface area contributed by atoms with Crippen LogP contribution < -0.4 is 5.32 Å². The van der Waals surface area contributed by atoms with E-state index in [1.54, 1.807) is 7.11 Å². The third-order valence-corrected chi connectivity index (χ3v) is 4.41. The Morgan fingerprint density at radius 3 is 2.80 bits per heavy atom. The van der Waals surface area contributed by atoms with Gasteiger partial charge < -0.3 is 10.1 Å². The summed E-state index contributed by atoms with van der Waals surface area (Å²) in [5, 5.41) is 5.82. The Morgan fingerprint density at radius 2 is 2.27 bits per heavy atom. The van der Waals surface area contributed by atoms with E-state index in [1.807, 2.05) is 11.3 Å². The normalized spacial score (nSPS) is 27.4. The van der Waals surface area contributed by atoms with E-state index in [9.17, 15) is 0 Å². The Hall–Kier alpha value is -0.380. The van der Waals surface area contributed by atoms with E-state index in [0.29, 0.717) is 18.2 Å². The minimum absolute atomic E-state index is 0.479. The fraction of sp³-hybridized carbons (Fsp3) is 0.667. The third kappa shape index (κ3) is 2.41. The van der Waals surface area contributed by atoms with Gasteiger partial charge in [-0.1, -0.05) is 0 Å². The molecule has 1 aromatic rings. The minimum Gasteiger partial charge on any atom is -0.381 e. The van der Waals surface area contributed by atoms with Crippen LogP contribution in [0.2, 0.25) is 0 Å². The molecule has 2 rings (SSSR count). The van der Waals surface area contributed by atoms with Crippen molar-refractivity contribution in [3.05, 3.63) is 21.9 Å². The van der Waals surface area contributed by atoms with Crippen molar-refractivity contribution in [3.8, 4) is 0 Å². The first-order chi connectivity index (χ1) is 7.20. The van der Waals surface area contributed by atoms with E-state index < -0.39 is 0 Å². The van der Waals surface area contributed by atoms with Crippen LogP contribution in [0.25, 0.3) is 0 Å². The molecule has 84 valence electrons. The lowest BCUT2D eigenvalue weighted by Gasteiger charge is -2.36. The summed E-state index contributed by atoms with van der Waals surface area (Å²) >= 11 is 1.85. The van der Waals surface area contributed by atoms with E-state index in [4.69, 9.17) is 4.74 Å². The summed E-state index contributed by atoms with van der Waals surface area (Å²) < 4.78 is 5.27. The number of nitrogens with one attached hydrogen (secondary N) is 1. The number of thiophene rings is 1. The molecule has 0 radical (unpaired) electrons. The summed E-state index contributed by atoms with van der Waals surface area (Å²) in [5.74, 6) is 0. The van der Waals surface area contributed by atoms with Gasteiger partial charge in [0.1, 0.15) is 0 Å². The molecule has 15 heavy (non-hydrogen) atoms. The fourth-order valence-corrected chi connectivity index (χ4v) is 3.10. The van der Waals surface area contributed by atoms with Gasteiger partial charge in [-0.05, 0) is 43.7 Å². The van der Waals surface area contributed by atoms with Crippen LogP contribution in [-0.2, 0) is 4.74 Å². The molecule has 1 N–H and O–H groups in total. The Bertz CT molecular complexity index is 317. The van der Waals surface area contributed by atoms with Gasteiger partial charge in [0.05, 0.1) is 6.10 Å². The van der Waals surface area contributed by atoms with Gasteiger partial charge in [-0.15, -0.1) is 11.3 Å². The summed E-state index contributed by atoms with van der Waals surface area (Å²) in [6.07, 6.45) is 2.80. The zero-order valence-corrected chi connectivity index (χ0v) is 10.4. The smallest absolute Gasteiger partial charge is 0.0601 e. The molecule has 3 heteroatoms. The molecule has 1 unspecified atom stereocenters. The van der Waals surface area contributed by atoms with E-state index in [0.717, 1.165) is 12.8 Å². The molecule has 0 bridgehead atoms. The second kappa shape index (κ2) is 4.64. The second-order valence-corrected chi connectivity index (χ2v) is 5.33. The Kier molecular flexibility index (Phi) is 3.44. The molecule has 0 aromatic carbocycles. The van der Waals surface area contributed by atoms with Crippen LogP contribution in [0.5, 0.6) is 0 Å². The van der Waals surface area contributed by atoms with Gasteiger partial charge in [0, 0.05) is 24.1 Å².